The molecule has 0 bridgehead atoms. The van der Waals surface area contributed by atoms with E-state index in [4.69, 9.17) is 10.5 Å². The summed E-state index contributed by atoms with van der Waals surface area (Å²) in [6.45, 7) is 10.0. The van der Waals surface area contributed by atoms with E-state index in [0.717, 1.165) is 6.54 Å². The maximum atomic E-state index is 6.02. The first-order valence-electron chi connectivity index (χ1n) is 7.67. The fourth-order valence-corrected chi connectivity index (χ4v) is 3.40. The van der Waals surface area contributed by atoms with E-state index < -0.39 is 0 Å². The Hall–Kier alpha value is -0.120. The van der Waals surface area contributed by atoms with Gasteiger partial charge in [-0.2, -0.15) is 0 Å². The summed E-state index contributed by atoms with van der Waals surface area (Å²) in [6.07, 6.45) is 7.09. The normalized spacial score (nSPS) is 34.7. The van der Waals surface area contributed by atoms with Crippen LogP contribution in [0, 0.1) is 5.41 Å². The van der Waals surface area contributed by atoms with Crippen molar-refractivity contribution in [1.29, 1.82) is 0 Å². The zero-order chi connectivity index (χ0) is 13.2. The van der Waals surface area contributed by atoms with Crippen LogP contribution in [0.5, 0.6) is 0 Å². The lowest BCUT2D eigenvalue weighted by Crippen LogP contribution is -2.52. The molecule has 2 aliphatic heterocycles. The molecule has 0 spiro atoms. The summed E-state index contributed by atoms with van der Waals surface area (Å²) < 4.78 is 6.02. The second-order valence-electron chi connectivity index (χ2n) is 6.57. The number of nitrogens with two attached hydrogens (primary N) is 1. The van der Waals surface area contributed by atoms with Gasteiger partial charge >= 0.3 is 0 Å². The molecule has 3 heteroatoms. The van der Waals surface area contributed by atoms with Gasteiger partial charge in [-0.15, -0.1) is 0 Å². The maximum Gasteiger partial charge on any atom is 0.0747 e. The van der Waals surface area contributed by atoms with Gasteiger partial charge in [-0.05, 0) is 51.1 Å². The summed E-state index contributed by atoms with van der Waals surface area (Å²) >= 11 is 0. The third kappa shape index (κ3) is 3.06. The van der Waals surface area contributed by atoms with Crippen molar-refractivity contribution in [2.75, 3.05) is 19.6 Å². The average Bonchev–Trinajstić information content (AvgIpc) is 2.79. The molecule has 0 radical (unpaired) electrons. The number of piperidine rings is 1. The van der Waals surface area contributed by atoms with Crippen LogP contribution < -0.4 is 5.73 Å². The van der Waals surface area contributed by atoms with Crippen LogP contribution in [0.4, 0.5) is 0 Å². The van der Waals surface area contributed by atoms with Crippen LogP contribution in [0.1, 0.15) is 52.9 Å². The Morgan fingerprint density at radius 2 is 2.00 bits per heavy atom. The molecule has 18 heavy (non-hydrogen) atoms. The first kappa shape index (κ1) is 14.3. The fourth-order valence-electron chi connectivity index (χ4n) is 3.40. The zero-order valence-electron chi connectivity index (χ0n) is 12.3. The fraction of sp³-hybridized carbons (Fsp3) is 1.00. The molecule has 3 nitrogen and oxygen atoms in total. The van der Waals surface area contributed by atoms with E-state index in [0.29, 0.717) is 23.7 Å². The molecule has 2 saturated heterocycles. The Labute approximate surface area is 112 Å². The molecule has 2 N–H and O–H groups in total. The van der Waals surface area contributed by atoms with Crippen molar-refractivity contribution in [3.8, 4) is 0 Å². The van der Waals surface area contributed by atoms with Crippen molar-refractivity contribution >= 4 is 0 Å². The minimum Gasteiger partial charge on any atom is -0.374 e. The van der Waals surface area contributed by atoms with Crippen molar-refractivity contribution in [3.05, 3.63) is 0 Å². The third-order valence-electron chi connectivity index (χ3n) is 5.26. The number of nitrogens with zero attached hydrogens (tertiary/aromatic N) is 1. The van der Waals surface area contributed by atoms with Crippen LogP contribution in [0.25, 0.3) is 0 Å². The summed E-state index contributed by atoms with van der Waals surface area (Å²) in [4.78, 5) is 2.58. The van der Waals surface area contributed by atoms with Crippen LogP contribution in [0.2, 0.25) is 0 Å². The molecule has 0 saturated carbocycles. The molecule has 2 rings (SSSR count). The van der Waals surface area contributed by atoms with Gasteiger partial charge in [0.2, 0.25) is 0 Å². The summed E-state index contributed by atoms with van der Waals surface area (Å²) in [5, 5.41) is 0. The average molecular weight is 254 g/mol. The zero-order valence-corrected chi connectivity index (χ0v) is 12.3. The van der Waals surface area contributed by atoms with Gasteiger partial charge in [-0.3, -0.25) is 4.90 Å². The van der Waals surface area contributed by atoms with Crippen molar-refractivity contribution in [1.82, 2.24) is 4.90 Å². The van der Waals surface area contributed by atoms with Crippen molar-refractivity contribution in [2.45, 2.75) is 71.1 Å². The van der Waals surface area contributed by atoms with Crippen molar-refractivity contribution < 1.29 is 4.74 Å². The molecule has 2 aliphatic rings. The van der Waals surface area contributed by atoms with E-state index in [1.165, 1.54) is 45.2 Å². The number of ether oxygens (including phenoxy) is 1. The van der Waals surface area contributed by atoms with Gasteiger partial charge in [0.25, 0.3) is 0 Å². The monoisotopic (exact) mass is 254 g/mol. The molecule has 0 aliphatic carbocycles. The highest BCUT2D eigenvalue weighted by Crippen LogP contribution is 2.35. The first-order chi connectivity index (χ1) is 8.58. The SMILES string of the molecule is CCC1(C)CCN(C(CN)C2CCC(C)O2)CC1. The van der Waals surface area contributed by atoms with Crippen molar-refractivity contribution in [3.63, 3.8) is 0 Å². The third-order valence-corrected chi connectivity index (χ3v) is 5.26. The lowest BCUT2D eigenvalue weighted by molar-refractivity contribution is -0.0222. The molecule has 106 valence electrons. The number of hydrogen-bond donors (Lipinski definition) is 1. The minimum atomic E-state index is 0.371. The highest BCUT2D eigenvalue weighted by Gasteiger charge is 2.36. The molecule has 0 amide bonds. The van der Waals surface area contributed by atoms with Crippen LogP contribution >= 0.6 is 0 Å². The summed E-state index contributed by atoms with van der Waals surface area (Å²) in [5.41, 5.74) is 6.56. The molecule has 3 unspecified atom stereocenters. The van der Waals surface area contributed by atoms with Crippen LogP contribution in [-0.4, -0.2) is 42.8 Å². The standard InChI is InChI=1S/C15H30N2O/c1-4-15(3)7-9-17(10-8-15)13(11-16)14-6-5-12(2)18-14/h12-14H,4-11,16H2,1-3H3. The number of rotatable bonds is 4. The van der Waals surface area contributed by atoms with Gasteiger partial charge in [-0.1, -0.05) is 20.3 Å². The second kappa shape index (κ2) is 5.89. The van der Waals surface area contributed by atoms with Gasteiger partial charge in [0.1, 0.15) is 0 Å². The highest BCUT2D eigenvalue weighted by molar-refractivity contribution is 4.90. The summed E-state index contributed by atoms with van der Waals surface area (Å²) in [7, 11) is 0. The molecule has 0 aromatic rings. The van der Waals surface area contributed by atoms with Gasteiger partial charge in [0.15, 0.2) is 0 Å². The Kier molecular flexibility index (Phi) is 4.68. The Morgan fingerprint density at radius 1 is 1.33 bits per heavy atom. The van der Waals surface area contributed by atoms with E-state index in [9.17, 15) is 0 Å². The Balaban J connectivity index is 1.90. The first-order valence-corrected chi connectivity index (χ1v) is 7.67. The topological polar surface area (TPSA) is 38.5 Å². The maximum absolute atomic E-state index is 6.02. The molecular formula is C15H30N2O. The van der Waals surface area contributed by atoms with Crippen LogP contribution in [0.15, 0.2) is 0 Å². The molecule has 0 aromatic carbocycles. The molecule has 2 heterocycles. The van der Waals surface area contributed by atoms with Gasteiger partial charge in [0.05, 0.1) is 12.2 Å². The second-order valence-corrected chi connectivity index (χ2v) is 6.57. The number of likely N-dealkylation sites (tertiary alicyclic amines) is 1. The molecule has 0 aromatic heterocycles. The smallest absolute Gasteiger partial charge is 0.0747 e. The van der Waals surface area contributed by atoms with E-state index in [1.54, 1.807) is 0 Å². The predicted molar refractivity (Wildman–Crippen MR) is 75.6 cm³/mol. The van der Waals surface area contributed by atoms with Crippen LogP contribution in [0.3, 0.4) is 0 Å². The van der Waals surface area contributed by atoms with E-state index in [1.807, 2.05) is 0 Å². The quantitative estimate of drug-likeness (QED) is 0.837. The van der Waals surface area contributed by atoms with Crippen molar-refractivity contribution in [2.24, 2.45) is 11.1 Å². The molecule has 3 atom stereocenters. The van der Waals surface area contributed by atoms with Gasteiger partial charge in [-0.25, -0.2) is 0 Å². The lowest BCUT2D eigenvalue weighted by Gasteiger charge is -2.43. The lowest BCUT2D eigenvalue weighted by atomic mass is 9.78. The Morgan fingerprint density at radius 3 is 2.44 bits per heavy atom. The van der Waals surface area contributed by atoms with Gasteiger partial charge in [0, 0.05) is 12.6 Å². The predicted octanol–water partition coefficient (Wildman–Crippen LogP) is 2.39. The molecular weight excluding hydrogens is 224 g/mol. The largest absolute Gasteiger partial charge is 0.374 e. The van der Waals surface area contributed by atoms with E-state index >= 15 is 0 Å². The molecule has 2 fully saturated rings. The minimum absolute atomic E-state index is 0.371. The Bertz CT molecular complexity index is 261. The number of hydrogen-bond acceptors (Lipinski definition) is 3. The summed E-state index contributed by atoms with van der Waals surface area (Å²) in [5.74, 6) is 0. The van der Waals surface area contributed by atoms with E-state index in [-0.39, 0.29) is 0 Å². The summed E-state index contributed by atoms with van der Waals surface area (Å²) in [6, 6.07) is 0.441. The highest BCUT2D eigenvalue weighted by atomic mass is 16.5. The van der Waals surface area contributed by atoms with Crippen LogP contribution in [-0.2, 0) is 4.74 Å². The van der Waals surface area contributed by atoms with Gasteiger partial charge < -0.3 is 10.5 Å². The van der Waals surface area contributed by atoms with E-state index in [2.05, 4.69) is 25.7 Å².